The second-order valence-corrected chi connectivity index (χ2v) is 3.87. The maximum Gasteiger partial charge on any atom is 0.240 e. The number of aromatic nitrogens is 2. The highest BCUT2D eigenvalue weighted by atomic mass is 16.5. The molecule has 0 spiro atoms. The fraction of sp³-hybridized carbons (Fsp3) is 0.333. The molecular weight excluding hydrogens is 218 g/mol. The molecule has 1 aromatic heterocycles. The van der Waals surface area contributed by atoms with Crippen molar-refractivity contribution in [1.82, 2.24) is 10.1 Å². The molecule has 0 saturated heterocycles. The summed E-state index contributed by atoms with van der Waals surface area (Å²) in [5, 5.41) is 3.91. The molecule has 5 nitrogen and oxygen atoms in total. The quantitative estimate of drug-likeness (QED) is 0.875. The minimum Gasteiger partial charge on any atom is -0.496 e. The van der Waals surface area contributed by atoms with Gasteiger partial charge in [-0.1, -0.05) is 11.2 Å². The van der Waals surface area contributed by atoms with Gasteiger partial charge in [-0.05, 0) is 31.0 Å². The van der Waals surface area contributed by atoms with Gasteiger partial charge in [0.05, 0.1) is 19.2 Å². The van der Waals surface area contributed by atoms with E-state index in [1.54, 1.807) is 7.11 Å². The topological polar surface area (TPSA) is 74.2 Å². The number of nitrogens with zero attached hydrogens (tertiary/aromatic N) is 2. The molecule has 0 atom stereocenters. The molecular formula is C12H15N3O2. The number of rotatable bonds is 3. The highest BCUT2D eigenvalue weighted by Crippen LogP contribution is 2.32. The van der Waals surface area contributed by atoms with Crippen LogP contribution in [0, 0.1) is 13.8 Å². The van der Waals surface area contributed by atoms with Crippen LogP contribution < -0.4 is 10.5 Å². The van der Waals surface area contributed by atoms with E-state index in [1.807, 2.05) is 19.9 Å². The Morgan fingerprint density at radius 1 is 1.35 bits per heavy atom. The Balaban J connectivity index is 2.57. The van der Waals surface area contributed by atoms with Crippen molar-refractivity contribution >= 4 is 0 Å². The van der Waals surface area contributed by atoms with Crippen molar-refractivity contribution in [2.45, 2.75) is 20.4 Å². The van der Waals surface area contributed by atoms with E-state index in [9.17, 15) is 0 Å². The van der Waals surface area contributed by atoms with Crippen LogP contribution in [0.2, 0.25) is 0 Å². The third-order valence-corrected chi connectivity index (χ3v) is 2.53. The summed E-state index contributed by atoms with van der Waals surface area (Å²) < 4.78 is 10.4. The third-order valence-electron chi connectivity index (χ3n) is 2.53. The van der Waals surface area contributed by atoms with Crippen LogP contribution in [0.4, 0.5) is 0 Å². The number of aryl methyl sites for hydroxylation is 2. The predicted molar refractivity (Wildman–Crippen MR) is 63.7 cm³/mol. The van der Waals surface area contributed by atoms with Gasteiger partial charge in [-0.15, -0.1) is 0 Å². The Hall–Kier alpha value is -1.88. The summed E-state index contributed by atoms with van der Waals surface area (Å²) in [6.45, 7) is 4.24. The fourth-order valence-electron chi connectivity index (χ4n) is 1.82. The molecule has 0 aliphatic rings. The molecule has 0 radical (unpaired) electrons. The Morgan fingerprint density at radius 2 is 2.12 bits per heavy atom. The van der Waals surface area contributed by atoms with Crippen LogP contribution in [0.1, 0.15) is 17.0 Å². The monoisotopic (exact) mass is 233 g/mol. The zero-order valence-corrected chi connectivity index (χ0v) is 10.2. The van der Waals surface area contributed by atoms with Crippen LogP contribution in [-0.4, -0.2) is 17.3 Å². The molecule has 0 fully saturated rings. The van der Waals surface area contributed by atoms with Crippen LogP contribution in [0.3, 0.4) is 0 Å². The Bertz CT molecular complexity index is 535. The van der Waals surface area contributed by atoms with Gasteiger partial charge in [0, 0.05) is 0 Å². The van der Waals surface area contributed by atoms with Gasteiger partial charge < -0.3 is 15.0 Å². The molecule has 5 heteroatoms. The average molecular weight is 233 g/mol. The second kappa shape index (κ2) is 4.55. The number of hydrogen-bond donors (Lipinski definition) is 1. The first-order chi connectivity index (χ1) is 8.15. The van der Waals surface area contributed by atoms with Gasteiger partial charge in [0.25, 0.3) is 0 Å². The zero-order chi connectivity index (χ0) is 12.4. The largest absolute Gasteiger partial charge is 0.496 e. The molecule has 0 unspecified atom stereocenters. The summed E-state index contributed by atoms with van der Waals surface area (Å²) in [7, 11) is 1.63. The lowest BCUT2D eigenvalue weighted by atomic mass is 10.0. The van der Waals surface area contributed by atoms with Crippen molar-refractivity contribution in [2.75, 3.05) is 7.11 Å². The van der Waals surface area contributed by atoms with E-state index in [-0.39, 0.29) is 6.54 Å². The van der Waals surface area contributed by atoms with E-state index in [2.05, 4.69) is 16.2 Å². The number of nitrogens with two attached hydrogens (primary N) is 1. The van der Waals surface area contributed by atoms with Crippen molar-refractivity contribution in [3.05, 3.63) is 29.2 Å². The Kier molecular flexibility index (Phi) is 3.10. The average Bonchev–Trinajstić information content (AvgIpc) is 2.76. The van der Waals surface area contributed by atoms with E-state index in [1.165, 1.54) is 0 Å². The number of ether oxygens (including phenoxy) is 1. The van der Waals surface area contributed by atoms with E-state index >= 15 is 0 Å². The number of benzene rings is 1. The highest BCUT2D eigenvalue weighted by molar-refractivity contribution is 5.68. The van der Waals surface area contributed by atoms with Gasteiger partial charge in [0.1, 0.15) is 5.75 Å². The SMILES string of the molecule is COc1cc(C)cc(C)c1-c1noc(CN)n1. The Labute approximate surface area is 99.6 Å². The minimum absolute atomic E-state index is 0.236. The van der Waals surface area contributed by atoms with Gasteiger partial charge >= 0.3 is 0 Å². The van der Waals surface area contributed by atoms with Crippen molar-refractivity contribution in [3.63, 3.8) is 0 Å². The van der Waals surface area contributed by atoms with Gasteiger partial charge in [0.2, 0.25) is 11.7 Å². The zero-order valence-electron chi connectivity index (χ0n) is 10.2. The summed E-state index contributed by atoms with van der Waals surface area (Å²) in [5.74, 6) is 1.67. The molecule has 2 N–H and O–H groups in total. The molecule has 0 aliphatic heterocycles. The fourth-order valence-corrected chi connectivity index (χ4v) is 1.82. The first-order valence-corrected chi connectivity index (χ1v) is 5.34. The smallest absolute Gasteiger partial charge is 0.240 e. The first-order valence-electron chi connectivity index (χ1n) is 5.34. The van der Waals surface area contributed by atoms with E-state index < -0.39 is 0 Å². The maximum atomic E-state index is 5.45. The lowest BCUT2D eigenvalue weighted by Gasteiger charge is -2.09. The lowest BCUT2D eigenvalue weighted by molar-refractivity contribution is 0.379. The minimum atomic E-state index is 0.236. The second-order valence-electron chi connectivity index (χ2n) is 3.87. The van der Waals surface area contributed by atoms with Crippen LogP contribution in [0.5, 0.6) is 5.75 Å². The molecule has 0 aliphatic carbocycles. The third kappa shape index (κ3) is 2.14. The lowest BCUT2D eigenvalue weighted by Crippen LogP contribution is -1.97. The molecule has 1 aromatic carbocycles. The van der Waals surface area contributed by atoms with Gasteiger partial charge in [-0.25, -0.2) is 0 Å². The molecule has 1 heterocycles. The Morgan fingerprint density at radius 3 is 2.71 bits per heavy atom. The normalized spacial score (nSPS) is 10.6. The maximum absolute atomic E-state index is 5.45. The van der Waals surface area contributed by atoms with Crippen LogP contribution >= 0.6 is 0 Å². The van der Waals surface area contributed by atoms with E-state index in [0.29, 0.717) is 11.7 Å². The van der Waals surface area contributed by atoms with Crippen LogP contribution in [-0.2, 0) is 6.54 Å². The standard InChI is InChI=1S/C12H15N3O2/c1-7-4-8(2)11(9(5-7)16-3)12-14-10(6-13)17-15-12/h4-5H,6,13H2,1-3H3. The van der Waals surface area contributed by atoms with E-state index in [4.69, 9.17) is 15.0 Å². The molecule has 90 valence electrons. The highest BCUT2D eigenvalue weighted by Gasteiger charge is 2.15. The van der Waals surface area contributed by atoms with Crippen molar-refractivity contribution in [3.8, 4) is 17.1 Å². The summed E-state index contributed by atoms with van der Waals surface area (Å²) in [5.41, 5.74) is 8.47. The predicted octanol–water partition coefficient (Wildman–Crippen LogP) is 1.82. The van der Waals surface area contributed by atoms with Crippen molar-refractivity contribution in [2.24, 2.45) is 5.73 Å². The van der Waals surface area contributed by atoms with E-state index in [0.717, 1.165) is 22.4 Å². The molecule has 0 amide bonds. The van der Waals surface area contributed by atoms with Gasteiger partial charge in [0.15, 0.2) is 0 Å². The summed E-state index contributed by atoms with van der Waals surface area (Å²) in [6.07, 6.45) is 0. The van der Waals surface area contributed by atoms with Crippen molar-refractivity contribution in [1.29, 1.82) is 0 Å². The number of hydrogen-bond acceptors (Lipinski definition) is 5. The van der Waals surface area contributed by atoms with Crippen LogP contribution in [0.15, 0.2) is 16.7 Å². The molecule has 2 aromatic rings. The molecule has 0 bridgehead atoms. The summed E-state index contributed by atoms with van der Waals surface area (Å²) >= 11 is 0. The first kappa shape index (κ1) is 11.6. The molecule has 2 rings (SSSR count). The van der Waals surface area contributed by atoms with Crippen LogP contribution in [0.25, 0.3) is 11.4 Å². The molecule has 17 heavy (non-hydrogen) atoms. The molecule has 0 saturated carbocycles. The number of methoxy groups -OCH3 is 1. The summed E-state index contributed by atoms with van der Waals surface area (Å²) in [6, 6.07) is 4.00. The van der Waals surface area contributed by atoms with Crippen molar-refractivity contribution < 1.29 is 9.26 Å². The van der Waals surface area contributed by atoms with Gasteiger partial charge in [-0.2, -0.15) is 4.98 Å². The van der Waals surface area contributed by atoms with Gasteiger partial charge in [-0.3, -0.25) is 0 Å². The summed E-state index contributed by atoms with van der Waals surface area (Å²) in [4.78, 5) is 4.22.